The number of hydrogen-bond donors (Lipinski definition) is 1. The van der Waals surface area contributed by atoms with Gasteiger partial charge < -0.3 is 10.2 Å². The Morgan fingerprint density at radius 3 is 2.78 bits per heavy atom. The van der Waals surface area contributed by atoms with E-state index in [0.717, 1.165) is 37.9 Å². The van der Waals surface area contributed by atoms with Crippen LogP contribution in [0.4, 0.5) is 5.69 Å². The van der Waals surface area contributed by atoms with Gasteiger partial charge in [-0.15, -0.1) is 0 Å². The predicted octanol–water partition coefficient (Wildman–Crippen LogP) is 4.34. The summed E-state index contributed by atoms with van der Waals surface area (Å²) >= 11 is 3.73. The van der Waals surface area contributed by atoms with E-state index in [1.807, 2.05) is 0 Å². The zero-order chi connectivity index (χ0) is 16.2. The number of ketones is 1. The molecule has 4 heteroatoms. The summed E-state index contributed by atoms with van der Waals surface area (Å²) in [6.45, 7) is 6.49. The van der Waals surface area contributed by atoms with Crippen molar-refractivity contribution in [3.05, 3.63) is 39.5 Å². The molecular weight excluding hydrogens is 352 g/mol. The van der Waals surface area contributed by atoms with Crippen LogP contribution >= 0.6 is 15.9 Å². The number of carbonyl (C=O) groups is 1. The highest BCUT2D eigenvalue weighted by atomic mass is 79.9. The average molecular weight is 375 g/mol. The van der Waals surface area contributed by atoms with E-state index in [2.05, 4.69) is 58.2 Å². The van der Waals surface area contributed by atoms with E-state index in [1.165, 1.54) is 21.4 Å². The van der Waals surface area contributed by atoms with Crippen LogP contribution in [-0.4, -0.2) is 18.9 Å². The topological polar surface area (TPSA) is 42.2 Å². The Morgan fingerprint density at radius 2 is 2.09 bits per heavy atom. The zero-order valence-electron chi connectivity index (χ0n) is 13.8. The SMILES string of the molecule is CC1(C)CC(=O)C2=C(C1)N(c1ccc(C3CN3)c(Br)c1)CCC2. The standard InChI is InChI=1S/C19H23BrN2O/c1-19(2)9-17-14(18(23)10-19)4-3-7-22(17)12-5-6-13(15(20)8-12)16-11-21-16/h5-6,8,16,21H,3-4,7,9-11H2,1-2H3. The van der Waals surface area contributed by atoms with E-state index in [1.54, 1.807) is 0 Å². The molecule has 3 nitrogen and oxygen atoms in total. The quantitative estimate of drug-likeness (QED) is 0.782. The number of rotatable bonds is 2. The van der Waals surface area contributed by atoms with Crippen molar-refractivity contribution in [2.24, 2.45) is 5.41 Å². The molecule has 3 aliphatic rings. The first-order chi connectivity index (χ1) is 10.9. The maximum atomic E-state index is 12.5. The molecule has 0 aromatic heterocycles. The first kappa shape index (κ1) is 15.4. The minimum absolute atomic E-state index is 0.0701. The molecule has 1 aliphatic carbocycles. The number of anilines is 1. The molecular formula is C19H23BrN2O. The van der Waals surface area contributed by atoms with Gasteiger partial charge in [0.1, 0.15) is 0 Å². The van der Waals surface area contributed by atoms with Gasteiger partial charge in [-0.3, -0.25) is 4.79 Å². The number of allylic oxidation sites excluding steroid dienone is 2. The van der Waals surface area contributed by atoms with Crippen molar-refractivity contribution < 1.29 is 4.79 Å². The van der Waals surface area contributed by atoms with Crippen LogP contribution in [-0.2, 0) is 4.79 Å². The molecule has 1 fully saturated rings. The van der Waals surface area contributed by atoms with Crippen LogP contribution in [0.3, 0.4) is 0 Å². The van der Waals surface area contributed by atoms with Crippen molar-refractivity contribution in [2.75, 3.05) is 18.0 Å². The Kier molecular flexibility index (Phi) is 3.65. The lowest BCUT2D eigenvalue weighted by Gasteiger charge is -2.41. The largest absolute Gasteiger partial charge is 0.345 e. The Balaban J connectivity index is 1.71. The molecule has 0 radical (unpaired) electrons. The monoisotopic (exact) mass is 374 g/mol. The second kappa shape index (κ2) is 5.45. The third-order valence-corrected chi connectivity index (χ3v) is 5.87. The number of hydrogen-bond acceptors (Lipinski definition) is 3. The summed E-state index contributed by atoms with van der Waals surface area (Å²) < 4.78 is 1.17. The third-order valence-electron chi connectivity index (χ3n) is 5.18. The van der Waals surface area contributed by atoms with Gasteiger partial charge in [-0.1, -0.05) is 35.8 Å². The summed E-state index contributed by atoms with van der Waals surface area (Å²) in [6.07, 6.45) is 3.70. The molecule has 2 aliphatic heterocycles. The van der Waals surface area contributed by atoms with E-state index < -0.39 is 0 Å². The summed E-state index contributed by atoms with van der Waals surface area (Å²) in [4.78, 5) is 14.9. The highest BCUT2D eigenvalue weighted by molar-refractivity contribution is 9.10. The molecule has 0 amide bonds. The number of benzene rings is 1. The van der Waals surface area contributed by atoms with Crippen molar-refractivity contribution in [3.8, 4) is 0 Å². The molecule has 1 aromatic rings. The summed E-state index contributed by atoms with van der Waals surface area (Å²) in [5.41, 5.74) is 4.96. The minimum Gasteiger partial charge on any atom is -0.345 e. The fourth-order valence-corrected chi connectivity index (χ4v) is 4.59. The zero-order valence-corrected chi connectivity index (χ0v) is 15.4. The maximum Gasteiger partial charge on any atom is 0.161 e. The van der Waals surface area contributed by atoms with E-state index in [9.17, 15) is 4.79 Å². The molecule has 2 heterocycles. The molecule has 4 rings (SSSR count). The smallest absolute Gasteiger partial charge is 0.161 e. The van der Waals surface area contributed by atoms with Gasteiger partial charge in [0.25, 0.3) is 0 Å². The van der Waals surface area contributed by atoms with Crippen LogP contribution in [0.2, 0.25) is 0 Å². The summed E-state index contributed by atoms with van der Waals surface area (Å²) in [7, 11) is 0. The average Bonchev–Trinajstić information content (AvgIpc) is 3.30. The maximum absolute atomic E-state index is 12.5. The van der Waals surface area contributed by atoms with Crippen LogP contribution in [0.1, 0.15) is 51.1 Å². The van der Waals surface area contributed by atoms with Gasteiger partial charge in [0.05, 0.1) is 0 Å². The van der Waals surface area contributed by atoms with Crippen LogP contribution in [0, 0.1) is 5.41 Å². The lowest BCUT2D eigenvalue weighted by atomic mass is 9.73. The fraction of sp³-hybridized carbons (Fsp3) is 0.526. The molecule has 1 saturated heterocycles. The van der Waals surface area contributed by atoms with Crippen molar-refractivity contribution in [1.82, 2.24) is 5.32 Å². The molecule has 1 atom stereocenters. The van der Waals surface area contributed by atoms with Crippen molar-refractivity contribution in [1.29, 1.82) is 0 Å². The number of carbonyl (C=O) groups excluding carboxylic acids is 1. The molecule has 1 N–H and O–H groups in total. The first-order valence-corrected chi connectivity index (χ1v) is 9.29. The van der Waals surface area contributed by atoms with E-state index >= 15 is 0 Å². The summed E-state index contributed by atoms with van der Waals surface area (Å²) in [5, 5.41) is 3.35. The molecule has 1 unspecified atom stereocenters. The Hall–Kier alpha value is -1.13. The van der Waals surface area contributed by atoms with Crippen LogP contribution in [0.15, 0.2) is 33.9 Å². The lowest BCUT2D eigenvalue weighted by molar-refractivity contribution is -0.118. The molecule has 0 saturated carbocycles. The Labute approximate surface area is 146 Å². The summed E-state index contributed by atoms with van der Waals surface area (Å²) in [6, 6.07) is 7.15. The number of Topliss-reactive ketones (excluding diaryl/α,β-unsaturated/α-hetero) is 1. The van der Waals surface area contributed by atoms with Crippen molar-refractivity contribution in [3.63, 3.8) is 0 Å². The van der Waals surface area contributed by atoms with Crippen LogP contribution < -0.4 is 10.2 Å². The van der Waals surface area contributed by atoms with Gasteiger partial charge in [-0.05, 0) is 42.4 Å². The van der Waals surface area contributed by atoms with Crippen molar-refractivity contribution in [2.45, 2.75) is 45.6 Å². The van der Waals surface area contributed by atoms with E-state index in [0.29, 0.717) is 18.2 Å². The van der Waals surface area contributed by atoms with Gasteiger partial charge in [-0.25, -0.2) is 0 Å². The van der Waals surface area contributed by atoms with E-state index in [-0.39, 0.29) is 5.41 Å². The van der Waals surface area contributed by atoms with E-state index in [4.69, 9.17) is 0 Å². The van der Waals surface area contributed by atoms with Gasteiger partial charge >= 0.3 is 0 Å². The molecule has 0 spiro atoms. The number of nitrogens with zero attached hydrogens (tertiary/aromatic N) is 1. The minimum atomic E-state index is 0.0701. The normalized spacial score (nSPS) is 26.3. The second-order valence-corrected chi connectivity index (χ2v) is 8.64. The second-order valence-electron chi connectivity index (χ2n) is 7.79. The third kappa shape index (κ3) is 2.87. The fourth-order valence-electron chi connectivity index (χ4n) is 3.95. The van der Waals surface area contributed by atoms with Gasteiger partial charge in [0.2, 0.25) is 0 Å². The lowest BCUT2D eigenvalue weighted by Crippen LogP contribution is -2.37. The van der Waals surface area contributed by atoms with Gasteiger partial charge in [0, 0.05) is 47.0 Å². The predicted molar refractivity (Wildman–Crippen MR) is 96.5 cm³/mol. The van der Waals surface area contributed by atoms with Gasteiger partial charge in [-0.2, -0.15) is 0 Å². The Morgan fingerprint density at radius 1 is 1.30 bits per heavy atom. The molecule has 23 heavy (non-hydrogen) atoms. The number of halogens is 1. The Bertz CT molecular complexity index is 703. The molecule has 0 bridgehead atoms. The van der Waals surface area contributed by atoms with Gasteiger partial charge in [0.15, 0.2) is 5.78 Å². The highest BCUT2D eigenvalue weighted by Gasteiger charge is 2.37. The van der Waals surface area contributed by atoms with Crippen molar-refractivity contribution >= 4 is 27.4 Å². The number of nitrogens with one attached hydrogen (secondary N) is 1. The van der Waals surface area contributed by atoms with Crippen LogP contribution in [0.25, 0.3) is 0 Å². The molecule has 122 valence electrons. The first-order valence-electron chi connectivity index (χ1n) is 8.50. The van der Waals surface area contributed by atoms with Crippen LogP contribution in [0.5, 0.6) is 0 Å². The highest BCUT2D eigenvalue weighted by Crippen LogP contribution is 2.43. The molecule has 1 aromatic carbocycles. The summed E-state index contributed by atoms with van der Waals surface area (Å²) in [5.74, 6) is 0.360.